The standard InChI is InChI=1S/C22H30N4O2S/c1-23-22(24-13-15-26-14-8-16-29(26,27)28)25-18-21(20-11-6-3-7-12-20)17-19-9-4-2-5-10-19/h2-7,9-12,21H,8,13-18H2,1H3,(H2,23,24,25). The third-order valence-corrected chi connectivity index (χ3v) is 7.15. The van der Waals surface area contributed by atoms with Crippen molar-refractivity contribution >= 4 is 16.0 Å². The van der Waals surface area contributed by atoms with E-state index in [2.05, 4.69) is 64.2 Å². The summed E-state index contributed by atoms with van der Waals surface area (Å²) in [6.45, 7) is 2.35. The molecule has 0 spiro atoms. The SMILES string of the molecule is CN=C(NCCN1CCCS1(=O)=O)NCC(Cc1ccccc1)c1ccccc1. The fraction of sp³-hybridized carbons (Fsp3) is 0.409. The minimum Gasteiger partial charge on any atom is -0.356 e. The lowest BCUT2D eigenvalue weighted by Gasteiger charge is -2.21. The molecule has 0 amide bonds. The highest BCUT2D eigenvalue weighted by Crippen LogP contribution is 2.20. The topological polar surface area (TPSA) is 73.8 Å². The van der Waals surface area contributed by atoms with Crippen LogP contribution in [0, 0.1) is 0 Å². The monoisotopic (exact) mass is 414 g/mol. The Hall–Kier alpha value is -2.38. The predicted molar refractivity (Wildman–Crippen MR) is 119 cm³/mol. The van der Waals surface area contributed by atoms with Crippen molar-refractivity contribution in [2.75, 3.05) is 39.0 Å². The van der Waals surface area contributed by atoms with Gasteiger partial charge in [-0.1, -0.05) is 60.7 Å². The fourth-order valence-corrected chi connectivity index (χ4v) is 5.14. The molecule has 2 aromatic rings. The summed E-state index contributed by atoms with van der Waals surface area (Å²) in [6.07, 6.45) is 1.65. The first-order valence-corrected chi connectivity index (χ1v) is 11.7. The molecule has 0 radical (unpaired) electrons. The van der Waals surface area contributed by atoms with Gasteiger partial charge >= 0.3 is 0 Å². The van der Waals surface area contributed by atoms with E-state index in [0.29, 0.717) is 37.9 Å². The summed E-state index contributed by atoms with van der Waals surface area (Å²) >= 11 is 0. The molecule has 1 heterocycles. The average molecular weight is 415 g/mol. The van der Waals surface area contributed by atoms with Gasteiger partial charge in [-0.15, -0.1) is 0 Å². The number of aliphatic imine (C=N–C) groups is 1. The maximum atomic E-state index is 11.9. The molecule has 0 aliphatic carbocycles. The highest BCUT2D eigenvalue weighted by atomic mass is 32.2. The lowest BCUT2D eigenvalue weighted by molar-refractivity contribution is 0.445. The zero-order chi connectivity index (χ0) is 20.5. The number of benzene rings is 2. The van der Waals surface area contributed by atoms with Crippen LogP contribution in [0.3, 0.4) is 0 Å². The van der Waals surface area contributed by atoms with E-state index in [9.17, 15) is 8.42 Å². The van der Waals surface area contributed by atoms with Gasteiger partial charge in [0.15, 0.2) is 5.96 Å². The van der Waals surface area contributed by atoms with Crippen molar-refractivity contribution in [1.82, 2.24) is 14.9 Å². The highest BCUT2D eigenvalue weighted by Gasteiger charge is 2.27. The molecule has 0 bridgehead atoms. The molecule has 0 saturated carbocycles. The lowest BCUT2D eigenvalue weighted by atomic mass is 9.92. The normalized spacial score (nSPS) is 17.8. The van der Waals surface area contributed by atoms with E-state index in [4.69, 9.17) is 0 Å². The molecular weight excluding hydrogens is 384 g/mol. The maximum absolute atomic E-state index is 11.9. The molecular formula is C22H30N4O2S. The molecule has 6 nitrogen and oxygen atoms in total. The van der Waals surface area contributed by atoms with E-state index < -0.39 is 10.0 Å². The smallest absolute Gasteiger partial charge is 0.214 e. The molecule has 29 heavy (non-hydrogen) atoms. The summed E-state index contributed by atoms with van der Waals surface area (Å²) in [5.74, 6) is 1.25. The first-order valence-electron chi connectivity index (χ1n) is 10.1. The van der Waals surface area contributed by atoms with E-state index in [1.54, 1.807) is 11.4 Å². The molecule has 3 rings (SSSR count). The van der Waals surface area contributed by atoms with Crippen LogP contribution < -0.4 is 10.6 Å². The van der Waals surface area contributed by atoms with Gasteiger partial charge in [0.1, 0.15) is 0 Å². The van der Waals surface area contributed by atoms with Crippen LogP contribution in [0.5, 0.6) is 0 Å². The van der Waals surface area contributed by atoms with Crippen molar-refractivity contribution in [3.05, 3.63) is 71.8 Å². The van der Waals surface area contributed by atoms with Crippen molar-refractivity contribution in [2.45, 2.75) is 18.8 Å². The van der Waals surface area contributed by atoms with Gasteiger partial charge in [-0.05, 0) is 24.0 Å². The Morgan fingerprint density at radius 1 is 1.07 bits per heavy atom. The van der Waals surface area contributed by atoms with Crippen molar-refractivity contribution in [2.24, 2.45) is 4.99 Å². The van der Waals surface area contributed by atoms with Crippen LogP contribution in [0.15, 0.2) is 65.7 Å². The van der Waals surface area contributed by atoms with Gasteiger partial charge < -0.3 is 10.6 Å². The Bertz CT molecular complexity index is 886. The second kappa shape index (κ2) is 10.4. The zero-order valence-electron chi connectivity index (χ0n) is 16.9. The predicted octanol–water partition coefficient (Wildman–Crippen LogP) is 2.21. The van der Waals surface area contributed by atoms with Crippen molar-refractivity contribution in [3.63, 3.8) is 0 Å². The maximum Gasteiger partial charge on any atom is 0.214 e. The van der Waals surface area contributed by atoms with Crippen LogP contribution in [0.1, 0.15) is 23.5 Å². The molecule has 0 aromatic heterocycles. The van der Waals surface area contributed by atoms with Crippen LogP contribution >= 0.6 is 0 Å². The van der Waals surface area contributed by atoms with Gasteiger partial charge in [0.05, 0.1) is 5.75 Å². The quantitative estimate of drug-likeness (QED) is 0.513. The Labute approximate surface area is 174 Å². The first-order chi connectivity index (χ1) is 14.1. The van der Waals surface area contributed by atoms with Crippen molar-refractivity contribution in [3.8, 4) is 0 Å². The van der Waals surface area contributed by atoms with Gasteiger partial charge in [0.2, 0.25) is 10.0 Å². The van der Waals surface area contributed by atoms with E-state index in [1.165, 1.54) is 11.1 Å². The molecule has 2 aromatic carbocycles. The number of nitrogens with one attached hydrogen (secondary N) is 2. The lowest BCUT2D eigenvalue weighted by Crippen LogP contribution is -2.43. The molecule has 1 saturated heterocycles. The van der Waals surface area contributed by atoms with E-state index in [-0.39, 0.29) is 5.75 Å². The Balaban J connectivity index is 1.55. The van der Waals surface area contributed by atoms with Gasteiger partial charge in [-0.3, -0.25) is 4.99 Å². The summed E-state index contributed by atoms with van der Waals surface area (Å²) in [5, 5.41) is 6.64. The number of sulfonamides is 1. The minimum absolute atomic E-state index is 0.262. The highest BCUT2D eigenvalue weighted by molar-refractivity contribution is 7.89. The van der Waals surface area contributed by atoms with Crippen molar-refractivity contribution in [1.29, 1.82) is 0 Å². The third-order valence-electron chi connectivity index (χ3n) is 5.19. The van der Waals surface area contributed by atoms with Crippen molar-refractivity contribution < 1.29 is 8.42 Å². The van der Waals surface area contributed by atoms with Crippen LogP contribution in [0.25, 0.3) is 0 Å². The molecule has 1 fully saturated rings. The van der Waals surface area contributed by atoms with Gasteiger partial charge in [0, 0.05) is 39.1 Å². The van der Waals surface area contributed by atoms with Gasteiger partial charge in [-0.2, -0.15) is 0 Å². The fourth-order valence-electron chi connectivity index (χ4n) is 3.61. The number of hydrogen-bond acceptors (Lipinski definition) is 3. The van der Waals surface area contributed by atoms with Gasteiger partial charge in [0.25, 0.3) is 0 Å². The molecule has 1 atom stereocenters. The molecule has 7 heteroatoms. The molecule has 1 aliphatic heterocycles. The largest absolute Gasteiger partial charge is 0.356 e. The Morgan fingerprint density at radius 2 is 1.76 bits per heavy atom. The number of rotatable bonds is 8. The summed E-state index contributed by atoms with van der Waals surface area (Å²) < 4.78 is 25.4. The summed E-state index contributed by atoms with van der Waals surface area (Å²) in [7, 11) is -1.32. The van der Waals surface area contributed by atoms with Crippen LogP contribution in [-0.4, -0.2) is 57.7 Å². The molecule has 1 aliphatic rings. The summed E-state index contributed by atoms with van der Waals surface area (Å²) in [4.78, 5) is 4.29. The van der Waals surface area contributed by atoms with Crippen LogP contribution in [0.2, 0.25) is 0 Å². The zero-order valence-corrected chi connectivity index (χ0v) is 17.7. The molecule has 156 valence electrons. The number of hydrogen-bond donors (Lipinski definition) is 2. The Morgan fingerprint density at radius 3 is 2.38 bits per heavy atom. The van der Waals surface area contributed by atoms with E-state index in [1.807, 2.05) is 12.1 Å². The molecule has 1 unspecified atom stereocenters. The van der Waals surface area contributed by atoms with E-state index >= 15 is 0 Å². The minimum atomic E-state index is -3.06. The second-order valence-electron chi connectivity index (χ2n) is 7.25. The molecule has 2 N–H and O–H groups in total. The number of guanidine groups is 1. The Kier molecular flexibility index (Phi) is 7.66. The van der Waals surface area contributed by atoms with Crippen LogP contribution in [0.4, 0.5) is 0 Å². The number of nitrogens with zero attached hydrogens (tertiary/aromatic N) is 2. The van der Waals surface area contributed by atoms with Gasteiger partial charge in [-0.25, -0.2) is 12.7 Å². The first kappa shape index (κ1) is 21.3. The van der Waals surface area contributed by atoms with Crippen LogP contribution in [-0.2, 0) is 16.4 Å². The summed E-state index contributed by atoms with van der Waals surface area (Å²) in [5.41, 5.74) is 2.58. The average Bonchev–Trinajstić information content (AvgIpc) is 3.08. The third kappa shape index (κ3) is 6.30. The van der Waals surface area contributed by atoms with E-state index in [0.717, 1.165) is 13.0 Å². The summed E-state index contributed by atoms with van der Waals surface area (Å²) in [6, 6.07) is 20.9. The second-order valence-corrected chi connectivity index (χ2v) is 9.33.